The molecule has 25 heavy (non-hydrogen) atoms. The van der Waals surface area contributed by atoms with Gasteiger partial charge in [-0.05, 0) is 63.9 Å². The SMILES string of the molecule is Cc1cc(SC(C)C(=O)NC(C)C2CC3CCC2C3)nc(C(C)C)n1. The van der Waals surface area contributed by atoms with Crippen LogP contribution in [0.4, 0.5) is 0 Å². The monoisotopic (exact) mass is 361 g/mol. The fourth-order valence-corrected chi connectivity index (χ4v) is 5.39. The summed E-state index contributed by atoms with van der Waals surface area (Å²) in [6.45, 7) is 10.3. The van der Waals surface area contributed by atoms with Crippen molar-refractivity contribution in [3.63, 3.8) is 0 Å². The van der Waals surface area contributed by atoms with E-state index >= 15 is 0 Å². The van der Waals surface area contributed by atoms with Gasteiger partial charge in [-0.3, -0.25) is 4.79 Å². The molecule has 0 radical (unpaired) electrons. The Balaban J connectivity index is 1.57. The summed E-state index contributed by atoms with van der Waals surface area (Å²) in [7, 11) is 0. The highest BCUT2D eigenvalue weighted by Gasteiger charge is 2.42. The summed E-state index contributed by atoms with van der Waals surface area (Å²) < 4.78 is 0. The number of carbonyl (C=O) groups is 1. The van der Waals surface area contributed by atoms with Gasteiger partial charge >= 0.3 is 0 Å². The fourth-order valence-electron chi connectivity index (χ4n) is 4.47. The first-order chi connectivity index (χ1) is 11.8. The molecule has 1 N–H and O–H groups in total. The topological polar surface area (TPSA) is 54.9 Å². The van der Waals surface area contributed by atoms with Crippen LogP contribution < -0.4 is 5.32 Å². The number of rotatable bonds is 6. The van der Waals surface area contributed by atoms with Crippen molar-refractivity contribution in [2.75, 3.05) is 0 Å². The zero-order valence-corrected chi connectivity index (χ0v) is 16.9. The molecule has 3 rings (SSSR count). The second-order valence-electron chi connectivity index (χ2n) is 8.26. The number of hydrogen-bond donors (Lipinski definition) is 1. The molecule has 2 fully saturated rings. The number of aromatic nitrogens is 2. The summed E-state index contributed by atoms with van der Waals surface area (Å²) in [6.07, 6.45) is 5.45. The van der Waals surface area contributed by atoms with E-state index in [1.807, 2.05) is 19.9 Å². The first kappa shape index (κ1) is 18.7. The fraction of sp³-hybridized carbons (Fsp3) is 0.750. The molecule has 1 aromatic heterocycles. The number of nitrogens with one attached hydrogen (secondary N) is 1. The molecule has 1 aromatic rings. The van der Waals surface area contributed by atoms with Crippen LogP contribution in [-0.2, 0) is 4.79 Å². The normalized spacial score (nSPS) is 27.5. The number of nitrogens with zero attached hydrogens (tertiary/aromatic N) is 2. The Hall–Kier alpha value is -1.10. The van der Waals surface area contributed by atoms with E-state index in [9.17, 15) is 4.79 Å². The van der Waals surface area contributed by atoms with Gasteiger partial charge in [-0.2, -0.15) is 0 Å². The first-order valence-corrected chi connectivity index (χ1v) is 10.5. The van der Waals surface area contributed by atoms with Crippen LogP contribution in [0.1, 0.15) is 70.8 Å². The highest BCUT2D eigenvalue weighted by atomic mass is 32.2. The van der Waals surface area contributed by atoms with Crippen molar-refractivity contribution >= 4 is 17.7 Å². The number of fused-ring (bicyclic) bond motifs is 2. The van der Waals surface area contributed by atoms with Crippen LogP contribution in [0.3, 0.4) is 0 Å². The first-order valence-electron chi connectivity index (χ1n) is 9.66. The molecule has 1 amide bonds. The lowest BCUT2D eigenvalue weighted by Gasteiger charge is -2.29. The summed E-state index contributed by atoms with van der Waals surface area (Å²) >= 11 is 1.53. The van der Waals surface area contributed by atoms with Gasteiger partial charge in [0, 0.05) is 17.7 Å². The van der Waals surface area contributed by atoms with Gasteiger partial charge in [-0.15, -0.1) is 0 Å². The number of amides is 1. The van der Waals surface area contributed by atoms with Crippen molar-refractivity contribution < 1.29 is 4.79 Å². The largest absolute Gasteiger partial charge is 0.352 e. The van der Waals surface area contributed by atoms with Crippen LogP contribution in [0.2, 0.25) is 0 Å². The molecule has 4 nitrogen and oxygen atoms in total. The zero-order chi connectivity index (χ0) is 18.1. The van der Waals surface area contributed by atoms with E-state index < -0.39 is 0 Å². The minimum atomic E-state index is -0.143. The minimum absolute atomic E-state index is 0.127. The van der Waals surface area contributed by atoms with Gasteiger partial charge in [0.1, 0.15) is 10.9 Å². The van der Waals surface area contributed by atoms with Crippen LogP contribution >= 0.6 is 11.8 Å². The van der Waals surface area contributed by atoms with Crippen LogP contribution in [0.25, 0.3) is 0 Å². The molecular weight excluding hydrogens is 330 g/mol. The average molecular weight is 362 g/mol. The van der Waals surface area contributed by atoms with Crippen molar-refractivity contribution in [2.24, 2.45) is 17.8 Å². The van der Waals surface area contributed by atoms with E-state index in [1.165, 1.54) is 37.4 Å². The Morgan fingerprint density at radius 2 is 1.96 bits per heavy atom. The van der Waals surface area contributed by atoms with Gasteiger partial charge in [-0.25, -0.2) is 9.97 Å². The summed E-state index contributed by atoms with van der Waals surface area (Å²) in [6, 6.07) is 2.25. The summed E-state index contributed by atoms with van der Waals surface area (Å²) in [4.78, 5) is 21.7. The molecule has 0 saturated heterocycles. The van der Waals surface area contributed by atoms with Gasteiger partial charge in [0.05, 0.1) is 5.25 Å². The van der Waals surface area contributed by atoms with Crippen molar-refractivity contribution in [1.82, 2.24) is 15.3 Å². The minimum Gasteiger partial charge on any atom is -0.352 e. The lowest BCUT2D eigenvalue weighted by Crippen LogP contribution is -2.43. The standard InChI is InChI=1S/C20H31N3OS/c1-11(2)19-21-12(3)8-18(23-19)25-14(5)20(24)22-13(4)17-10-15-6-7-16(17)9-15/h8,11,13-17H,6-7,9-10H2,1-5H3,(H,22,24). The average Bonchev–Trinajstić information content (AvgIpc) is 3.17. The molecule has 2 aliphatic carbocycles. The lowest BCUT2D eigenvalue weighted by molar-refractivity contribution is -0.121. The molecule has 2 saturated carbocycles. The molecular formula is C20H31N3OS. The van der Waals surface area contributed by atoms with Crippen molar-refractivity contribution in [2.45, 2.75) is 82.5 Å². The molecule has 2 aliphatic rings. The molecule has 5 unspecified atom stereocenters. The quantitative estimate of drug-likeness (QED) is 0.605. The Morgan fingerprint density at radius 3 is 2.56 bits per heavy atom. The highest BCUT2D eigenvalue weighted by Crippen LogP contribution is 2.49. The third-order valence-electron chi connectivity index (χ3n) is 5.84. The van der Waals surface area contributed by atoms with E-state index in [2.05, 4.69) is 36.1 Å². The number of hydrogen-bond acceptors (Lipinski definition) is 4. The predicted octanol–water partition coefficient (Wildman–Crippen LogP) is 4.33. The molecule has 5 heteroatoms. The van der Waals surface area contributed by atoms with Gasteiger partial charge in [0.15, 0.2) is 0 Å². The number of thioether (sulfide) groups is 1. The summed E-state index contributed by atoms with van der Waals surface area (Å²) in [5, 5.41) is 4.03. The molecule has 138 valence electrons. The van der Waals surface area contributed by atoms with Crippen molar-refractivity contribution in [3.8, 4) is 0 Å². The molecule has 0 aliphatic heterocycles. The number of aryl methyl sites for hydroxylation is 1. The van der Waals surface area contributed by atoms with Crippen molar-refractivity contribution in [1.29, 1.82) is 0 Å². The Kier molecular flexibility index (Phi) is 5.71. The van der Waals surface area contributed by atoms with Crippen molar-refractivity contribution in [3.05, 3.63) is 17.6 Å². The van der Waals surface area contributed by atoms with Crippen LogP contribution in [0.15, 0.2) is 11.1 Å². The van der Waals surface area contributed by atoms with Gasteiger partial charge in [0.2, 0.25) is 5.91 Å². The molecule has 1 heterocycles. The smallest absolute Gasteiger partial charge is 0.233 e. The summed E-state index contributed by atoms with van der Waals surface area (Å²) in [5.41, 5.74) is 0.962. The number of carbonyl (C=O) groups excluding carboxylic acids is 1. The maximum absolute atomic E-state index is 12.6. The zero-order valence-electron chi connectivity index (χ0n) is 16.1. The third kappa shape index (κ3) is 4.36. The molecule has 0 spiro atoms. The van der Waals surface area contributed by atoms with E-state index in [1.54, 1.807) is 0 Å². The third-order valence-corrected chi connectivity index (χ3v) is 6.85. The van der Waals surface area contributed by atoms with E-state index in [0.717, 1.165) is 28.4 Å². The lowest BCUT2D eigenvalue weighted by atomic mass is 9.84. The van der Waals surface area contributed by atoms with Crippen LogP contribution in [0.5, 0.6) is 0 Å². The Bertz CT molecular complexity index is 633. The van der Waals surface area contributed by atoms with Crippen LogP contribution in [-0.4, -0.2) is 27.2 Å². The summed E-state index contributed by atoms with van der Waals surface area (Å²) in [5.74, 6) is 3.70. The Labute approximate surface area is 156 Å². The maximum atomic E-state index is 12.6. The Morgan fingerprint density at radius 1 is 1.20 bits per heavy atom. The molecule has 0 aromatic carbocycles. The van der Waals surface area contributed by atoms with E-state index in [0.29, 0.717) is 11.8 Å². The molecule has 2 bridgehead atoms. The molecule has 5 atom stereocenters. The van der Waals surface area contributed by atoms with Crippen LogP contribution in [0, 0.1) is 24.7 Å². The highest BCUT2D eigenvalue weighted by molar-refractivity contribution is 8.00. The van der Waals surface area contributed by atoms with E-state index in [4.69, 9.17) is 0 Å². The van der Waals surface area contributed by atoms with Gasteiger partial charge < -0.3 is 5.32 Å². The van der Waals surface area contributed by atoms with E-state index in [-0.39, 0.29) is 17.2 Å². The van der Waals surface area contributed by atoms with Gasteiger partial charge in [0.25, 0.3) is 0 Å². The predicted molar refractivity (Wildman–Crippen MR) is 103 cm³/mol. The second kappa shape index (κ2) is 7.65. The maximum Gasteiger partial charge on any atom is 0.233 e. The second-order valence-corrected chi connectivity index (χ2v) is 9.62. The van der Waals surface area contributed by atoms with Gasteiger partial charge in [-0.1, -0.05) is 32.0 Å².